The molecule has 0 aliphatic heterocycles. The Morgan fingerprint density at radius 2 is 1.89 bits per heavy atom. The standard InChI is InChI=1S/C25H22F3N7.H2S/c1-12(2)19-11-30-35-24(19)33-23(13-5-15(27)10-29-9-13)34-25(35)31-16-3-4-21-17(8-16)18-6-14(26)7-20(28)22(18)32-21;/h5-7,9-12,16,32H,3-4,8H2,1-2H3,(H,31,33,34);1H2/t16-;/m0./s1. The highest BCUT2D eigenvalue weighted by Crippen LogP contribution is 2.33. The highest BCUT2D eigenvalue weighted by atomic mass is 32.1. The average Bonchev–Trinajstić information content (AvgIpc) is 3.41. The minimum absolute atomic E-state index is 0. The highest BCUT2D eigenvalue weighted by Gasteiger charge is 2.26. The van der Waals surface area contributed by atoms with Crippen molar-refractivity contribution in [3.63, 3.8) is 0 Å². The van der Waals surface area contributed by atoms with Crippen molar-refractivity contribution in [1.82, 2.24) is 29.5 Å². The molecule has 5 aromatic rings. The van der Waals surface area contributed by atoms with Gasteiger partial charge in [0.15, 0.2) is 11.5 Å². The number of H-pyrrole nitrogens is 1. The predicted octanol–water partition coefficient (Wildman–Crippen LogP) is 5.29. The summed E-state index contributed by atoms with van der Waals surface area (Å²) in [6, 6.07) is 3.55. The lowest BCUT2D eigenvalue weighted by molar-refractivity contribution is 0.591. The first kappa shape index (κ1) is 24.1. The molecule has 4 aromatic heterocycles. The van der Waals surface area contributed by atoms with Crippen molar-refractivity contribution >= 4 is 36.0 Å². The van der Waals surface area contributed by atoms with Crippen LogP contribution < -0.4 is 5.32 Å². The third-order valence-corrected chi connectivity index (χ3v) is 6.53. The van der Waals surface area contributed by atoms with E-state index in [9.17, 15) is 13.2 Å². The number of nitrogens with one attached hydrogen (secondary N) is 2. The van der Waals surface area contributed by atoms with Crippen LogP contribution in [0.15, 0.2) is 36.8 Å². The molecule has 1 aliphatic rings. The fourth-order valence-corrected chi connectivity index (χ4v) is 4.81. The molecule has 0 radical (unpaired) electrons. The van der Waals surface area contributed by atoms with E-state index in [1.807, 2.05) is 13.8 Å². The highest BCUT2D eigenvalue weighted by molar-refractivity contribution is 7.59. The number of benzene rings is 1. The number of aromatic amines is 1. The van der Waals surface area contributed by atoms with Crippen molar-refractivity contribution in [2.75, 3.05) is 5.32 Å². The first-order chi connectivity index (χ1) is 16.9. The van der Waals surface area contributed by atoms with E-state index >= 15 is 0 Å². The third kappa shape index (κ3) is 4.06. The molecule has 4 heterocycles. The van der Waals surface area contributed by atoms with Gasteiger partial charge in [0.25, 0.3) is 0 Å². The van der Waals surface area contributed by atoms with E-state index in [1.54, 1.807) is 10.7 Å². The quantitative estimate of drug-likeness (QED) is 0.343. The number of nitrogens with zero attached hydrogens (tertiary/aromatic N) is 5. The molecule has 6 rings (SSSR count). The second-order valence-electron chi connectivity index (χ2n) is 9.23. The van der Waals surface area contributed by atoms with Crippen LogP contribution in [-0.4, -0.2) is 35.6 Å². The summed E-state index contributed by atoms with van der Waals surface area (Å²) in [5, 5.41) is 8.52. The van der Waals surface area contributed by atoms with Crippen molar-refractivity contribution in [2.24, 2.45) is 0 Å². The van der Waals surface area contributed by atoms with Crippen molar-refractivity contribution in [1.29, 1.82) is 0 Å². The van der Waals surface area contributed by atoms with E-state index in [1.165, 1.54) is 18.3 Å². The summed E-state index contributed by atoms with van der Waals surface area (Å²) in [5.41, 5.74) is 4.17. The van der Waals surface area contributed by atoms with E-state index in [0.29, 0.717) is 46.7 Å². The Kier molecular flexibility index (Phi) is 6.11. The van der Waals surface area contributed by atoms with Crippen LogP contribution in [-0.2, 0) is 12.8 Å². The lowest BCUT2D eigenvalue weighted by Crippen LogP contribution is -2.29. The Morgan fingerprint density at radius 1 is 1.06 bits per heavy atom. The minimum atomic E-state index is -0.601. The van der Waals surface area contributed by atoms with E-state index < -0.39 is 17.5 Å². The Bertz CT molecular complexity index is 1590. The molecule has 0 unspecified atom stereocenters. The molecule has 1 aliphatic carbocycles. The van der Waals surface area contributed by atoms with Gasteiger partial charge in [0.05, 0.1) is 17.9 Å². The smallest absolute Gasteiger partial charge is 0.228 e. The van der Waals surface area contributed by atoms with E-state index in [-0.39, 0.29) is 25.5 Å². The van der Waals surface area contributed by atoms with Gasteiger partial charge in [0.1, 0.15) is 17.5 Å². The zero-order chi connectivity index (χ0) is 24.3. The maximum atomic E-state index is 14.3. The number of hydrogen-bond acceptors (Lipinski definition) is 5. The zero-order valence-electron chi connectivity index (χ0n) is 19.6. The molecule has 186 valence electrons. The summed E-state index contributed by atoms with van der Waals surface area (Å²) in [6.07, 6.45) is 6.40. The molecular formula is C25H24F3N7S. The normalized spacial score (nSPS) is 15.3. The largest absolute Gasteiger partial charge is 0.356 e. The van der Waals surface area contributed by atoms with Crippen LogP contribution in [0, 0.1) is 17.5 Å². The van der Waals surface area contributed by atoms with E-state index in [2.05, 4.69) is 30.4 Å². The van der Waals surface area contributed by atoms with Crippen LogP contribution in [0.5, 0.6) is 0 Å². The maximum Gasteiger partial charge on any atom is 0.228 e. The van der Waals surface area contributed by atoms with Crippen molar-refractivity contribution in [3.8, 4) is 11.4 Å². The second kappa shape index (κ2) is 9.12. The van der Waals surface area contributed by atoms with Crippen molar-refractivity contribution < 1.29 is 13.2 Å². The number of anilines is 1. The molecule has 1 aromatic carbocycles. The molecule has 0 saturated heterocycles. The lowest BCUT2D eigenvalue weighted by atomic mass is 9.91. The molecule has 0 spiro atoms. The summed E-state index contributed by atoms with van der Waals surface area (Å²) in [5.74, 6) is -0.703. The number of pyridine rings is 1. The number of rotatable bonds is 4. The van der Waals surface area contributed by atoms with Crippen molar-refractivity contribution in [3.05, 3.63) is 71.1 Å². The van der Waals surface area contributed by atoms with Crippen molar-refractivity contribution in [2.45, 2.75) is 45.1 Å². The first-order valence-electron chi connectivity index (χ1n) is 11.5. The maximum absolute atomic E-state index is 14.3. The van der Waals surface area contributed by atoms with Gasteiger partial charge in [-0.1, -0.05) is 13.8 Å². The molecule has 0 bridgehead atoms. The Balaban J connectivity index is 0.00000267. The van der Waals surface area contributed by atoms with Gasteiger partial charge >= 0.3 is 0 Å². The molecule has 11 heteroatoms. The number of hydrogen-bond donors (Lipinski definition) is 2. The fraction of sp³-hybridized carbons (Fsp3) is 0.280. The van der Waals surface area contributed by atoms with Gasteiger partial charge < -0.3 is 10.3 Å². The summed E-state index contributed by atoms with van der Waals surface area (Å²) in [6.45, 7) is 4.10. The van der Waals surface area contributed by atoms with Crippen LogP contribution in [0.4, 0.5) is 19.1 Å². The predicted molar refractivity (Wildman–Crippen MR) is 136 cm³/mol. The van der Waals surface area contributed by atoms with Crippen LogP contribution >= 0.6 is 13.5 Å². The van der Waals surface area contributed by atoms with Crippen LogP contribution in [0.1, 0.15) is 43.0 Å². The fourth-order valence-electron chi connectivity index (χ4n) is 4.81. The van der Waals surface area contributed by atoms with Crippen LogP contribution in [0.3, 0.4) is 0 Å². The molecule has 36 heavy (non-hydrogen) atoms. The van der Waals surface area contributed by atoms with E-state index in [0.717, 1.165) is 35.5 Å². The Labute approximate surface area is 211 Å². The molecule has 1 atom stereocenters. The lowest BCUT2D eigenvalue weighted by Gasteiger charge is -2.24. The van der Waals surface area contributed by atoms with Gasteiger partial charge in [-0.3, -0.25) is 4.98 Å². The Hall–Kier alpha value is -3.60. The molecular weight excluding hydrogens is 487 g/mol. The Morgan fingerprint density at radius 3 is 2.67 bits per heavy atom. The number of fused-ring (bicyclic) bond motifs is 4. The number of halogens is 3. The molecule has 2 N–H and O–H groups in total. The molecule has 7 nitrogen and oxygen atoms in total. The number of aromatic nitrogens is 6. The summed E-state index contributed by atoms with van der Waals surface area (Å²) < 4.78 is 43.8. The zero-order valence-corrected chi connectivity index (χ0v) is 20.6. The summed E-state index contributed by atoms with van der Waals surface area (Å²) in [4.78, 5) is 16.4. The summed E-state index contributed by atoms with van der Waals surface area (Å²) in [7, 11) is 0. The van der Waals surface area contributed by atoms with Crippen LogP contribution in [0.2, 0.25) is 0 Å². The van der Waals surface area contributed by atoms with E-state index in [4.69, 9.17) is 0 Å². The minimum Gasteiger partial charge on any atom is -0.356 e. The van der Waals surface area contributed by atoms with Gasteiger partial charge in [-0.15, -0.1) is 0 Å². The van der Waals surface area contributed by atoms with Gasteiger partial charge in [-0.25, -0.2) is 18.2 Å². The van der Waals surface area contributed by atoms with Gasteiger partial charge in [0.2, 0.25) is 5.95 Å². The topological polar surface area (TPSA) is 83.8 Å². The SMILES string of the molecule is CC(C)c1cnn2c(N[C@H]3CCc4[nH]c5c(F)cc(F)cc5c4C3)nc(-c3cncc(F)c3)nc12.S. The summed E-state index contributed by atoms with van der Waals surface area (Å²) >= 11 is 0. The molecule has 0 saturated carbocycles. The van der Waals surface area contributed by atoms with Gasteiger partial charge in [-0.05, 0) is 42.9 Å². The van der Waals surface area contributed by atoms with Gasteiger partial charge in [0, 0.05) is 40.5 Å². The average molecular weight is 512 g/mol. The number of aryl methyl sites for hydroxylation is 1. The molecule has 0 amide bonds. The van der Waals surface area contributed by atoms with Crippen LogP contribution in [0.25, 0.3) is 27.9 Å². The first-order valence-corrected chi connectivity index (χ1v) is 11.5. The monoisotopic (exact) mass is 511 g/mol. The second-order valence-corrected chi connectivity index (χ2v) is 9.23. The van der Waals surface area contributed by atoms with Gasteiger partial charge in [-0.2, -0.15) is 28.1 Å². The third-order valence-electron chi connectivity index (χ3n) is 6.53. The molecule has 0 fully saturated rings.